The van der Waals surface area contributed by atoms with E-state index in [1.807, 2.05) is 36.1 Å². The zero-order chi connectivity index (χ0) is 20.5. The average Bonchev–Trinajstić information content (AvgIpc) is 3.43. The smallest absolute Gasteiger partial charge is 0.264 e. The van der Waals surface area contributed by atoms with Gasteiger partial charge in [0.2, 0.25) is 6.79 Å². The largest absolute Gasteiger partial charge is 0.454 e. The van der Waals surface area contributed by atoms with Crippen molar-refractivity contribution in [2.45, 2.75) is 13.5 Å². The molecule has 0 unspecified atom stereocenters. The predicted molar refractivity (Wildman–Crippen MR) is 116 cm³/mol. The summed E-state index contributed by atoms with van der Waals surface area (Å²) in [6.07, 6.45) is 3.57. The Morgan fingerprint density at radius 1 is 1.07 bits per heavy atom. The molecule has 3 aromatic rings. The Morgan fingerprint density at radius 3 is 2.60 bits per heavy atom. The summed E-state index contributed by atoms with van der Waals surface area (Å²) < 4.78 is 11.4. The van der Waals surface area contributed by atoms with Crippen LogP contribution < -0.4 is 9.47 Å². The van der Waals surface area contributed by atoms with E-state index >= 15 is 0 Å². The molecule has 1 saturated heterocycles. The molecule has 0 N–H and O–H groups in total. The molecular formula is C23H23N3O3S. The molecule has 1 aromatic carbocycles. The number of aromatic nitrogens is 1. The molecule has 1 fully saturated rings. The van der Waals surface area contributed by atoms with Gasteiger partial charge in [-0.1, -0.05) is 0 Å². The first-order valence-corrected chi connectivity index (χ1v) is 10.9. The van der Waals surface area contributed by atoms with Gasteiger partial charge in [0.15, 0.2) is 11.5 Å². The van der Waals surface area contributed by atoms with Gasteiger partial charge in [-0.15, -0.1) is 11.3 Å². The van der Waals surface area contributed by atoms with Crippen LogP contribution in [0.2, 0.25) is 0 Å². The van der Waals surface area contributed by atoms with Crippen molar-refractivity contribution in [2.75, 3.05) is 33.0 Å². The Hall–Kier alpha value is -2.90. The van der Waals surface area contributed by atoms with Crippen molar-refractivity contribution in [2.24, 2.45) is 0 Å². The van der Waals surface area contributed by atoms with E-state index in [0.717, 1.165) is 60.2 Å². The third kappa shape index (κ3) is 3.78. The number of rotatable bonds is 4. The van der Waals surface area contributed by atoms with Crippen LogP contribution in [0, 0.1) is 6.92 Å². The van der Waals surface area contributed by atoms with Gasteiger partial charge in [-0.2, -0.15) is 0 Å². The summed E-state index contributed by atoms with van der Waals surface area (Å²) >= 11 is 1.57. The lowest BCUT2D eigenvalue weighted by atomic mass is 10.0. The van der Waals surface area contributed by atoms with Gasteiger partial charge in [-0.25, -0.2) is 0 Å². The lowest BCUT2D eigenvalue weighted by Gasteiger charge is -2.34. The molecule has 2 aromatic heterocycles. The second kappa shape index (κ2) is 8.08. The number of thiophene rings is 1. The van der Waals surface area contributed by atoms with E-state index < -0.39 is 0 Å². The first-order valence-electron chi connectivity index (χ1n) is 10.1. The number of piperazine rings is 1. The number of pyridine rings is 1. The molecule has 6 nitrogen and oxygen atoms in total. The number of nitrogens with zero attached hydrogens (tertiary/aromatic N) is 3. The zero-order valence-electron chi connectivity index (χ0n) is 16.8. The Balaban J connectivity index is 1.29. The topological polar surface area (TPSA) is 54.9 Å². The molecule has 2 aliphatic rings. The summed E-state index contributed by atoms with van der Waals surface area (Å²) in [6, 6.07) is 12.2. The predicted octanol–water partition coefficient (Wildman–Crippen LogP) is 3.81. The summed E-state index contributed by atoms with van der Waals surface area (Å²) in [6.45, 7) is 6.30. The van der Waals surface area contributed by atoms with Crippen molar-refractivity contribution >= 4 is 17.2 Å². The van der Waals surface area contributed by atoms with Crippen molar-refractivity contribution in [3.8, 4) is 22.6 Å². The molecule has 0 atom stereocenters. The van der Waals surface area contributed by atoms with Crippen LogP contribution >= 0.6 is 11.3 Å². The quantitative estimate of drug-likeness (QED) is 0.641. The number of carbonyl (C=O) groups excluding carboxylic acids is 1. The Bertz CT molecular complexity index is 1060. The summed E-state index contributed by atoms with van der Waals surface area (Å²) in [7, 11) is 0. The van der Waals surface area contributed by atoms with Gasteiger partial charge in [0, 0.05) is 55.6 Å². The summed E-state index contributed by atoms with van der Waals surface area (Å²) in [4.78, 5) is 23.2. The van der Waals surface area contributed by atoms with Crippen LogP contribution in [0.5, 0.6) is 11.5 Å². The van der Waals surface area contributed by atoms with Crippen LogP contribution in [0.3, 0.4) is 0 Å². The Morgan fingerprint density at radius 2 is 1.87 bits per heavy atom. The fourth-order valence-electron chi connectivity index (χ4n) is 3.98. The van der Waals surface area contributed by atoms with Gasteiger partial charge in [0.25, 0.3) is 5.91 Å². The van der Waals surface area contributed by atoms with E-state index in [1.165, 1.54) is 10.4 Å². The molecule has 154 valence electrons. The van der Waals surface area contributed by atoms with Crippen LogP contribution in [-0.4, -0.2) is 53.7 Å². The minimum Gasteiger partial charge on any atom is -0.454 e. The molecule has 7 heteroatoms. The Labute approximate surface area is 179 Å². The maximum atomic E-state index is 12.7. The highest BCUT2D eigenvalue weighted by molar-refractivity contribution is 7.13. The first kappa shape index (κ1) is 19.1. The number of aryl methyl sites for hydroxylation is 1. The number of benzene rings is 1. The minimum absolute atomic E-state index is 0.149. The van der Waals surface area contributed by atoms with Crippen molar-refractivity contribution in [3.05, 3.63) is 64.1 Å². The van der Waals surface area contributed by atoms with Gasteiger partial charge in [0.05, 0.1) is 4.88 Å². The molecule has 1 amide bonds. The number of carbonyl (C=O) groups is 1. The molecule has 0 radical (unpaired) electrons. The molecule has 5 rings (SSSR count). The monoisotopic (exact) mass is 421 g/mol. The molecule has 2 aliphatic heterocycles. The average molecular weight is 422 g/mol. The van der Waals surface area contributed by atoms with Crippen LogP contribution in [0.4, 0.5) is 0 Å². The van der Waals surface area contributed by atoms with Crippen LogP contribution in [0.25, 0.3) is 11.1 Å². The zero-order valence-corrected chi connectivity index (χ0v) is 17.7. The van der Waals surface area contributed by atoms with Crippen molar-refractivity contribution in [1.29, 1.82) is 0 Å². The third-order valence-electron chi connectivity index (χ3n) is 5.54. The highest BCUT2D eigenvalue weighted by atomic mass is 32.1. The van der Waals surface area contributed by atoms with E-state index in [1.54, 1.807) is 23.7 Å². The number of fused-ring (bicyclic) bond motifs is 1. The molecule has 4 heterocycles. The highest BCUT2D eigenvalue weighted by Crippen LogP contribution is 2.42. The summed E-state index contributed by atoms with van der Waals surface area (Å²) in [5.41, 5.74) is 3.28. The minimum atomic E-state index is 0.149. The van der Waals surface area contributed by atoms with Crippen LogP contribution in [-0.2, 0) is 6.54 Å². The Kier molecular flexibility index (Phi) is 5.14. The summed E-state index contributed by atoms with van der Waals surface area (Å²) in [5.74, 6) is 1.74. The molecule has 0 spiro atoms. The van der Waals surface area contributed by atoms with Gasteiger partial charge in [-0.3, -0.25) is 14.7 Å². The lowest BCUT2D eigenvalue weighted by Crippen LogP contribution is -2.48. The second-order valence-electron chi connectivity index (χ2n) is 7.59. The molecule has 0 saturated carbocycles. The van der Waals surface area contributed by atoms with E-state index in [0.29, 0.717) is 0 Å². The van der Waals surface area contributed by atoms with Crippen molar-refractivity contribution in [3.63, 3.8) is 0 Å². The normalized spacial score (nSPS) is 16.1. The van der Waals surface area contributed by atoms with Crippen molar-refractivity contribution < 1.29 is 14.3 Å². The second-order valence-corrected chi connectivity index (χ2v) is 8.88. The third-order valence-corrected chi connectivity index (χ3v) is 6.53. The fourth-order valence-corrected chi connectivity index (χ4v) is 4.81. The van der Waals surface area contributed by atoms with E-state index in [2.05, 4.69) is 22.0 Å². The molecule has 30 heavy (non-hydrogen) atoms. The van der Waals surface area contributed by atoms with Gasteiger partial charge < -0.3 is 14.4 Å². The fraction of sp³-hybridized carbons (Fsp3) is 0.304. The number of hydrogen-bond donors (Lipinski definition) is 0. The van der Waals surface area contributed by atoms with Gasteiger partial charge in [0.1, 0.15) is 0 Å². The molecule has 0 bridgehead atoms. The number of hydrogen-bond acceptors (Lipinski definition) is 6. The van der Waals surface area contributed by atoms with E-state index in [-0.39, 0.29) is 12.7 Å². The van der Waals surface area contributed by atoms with Gasteiger partial charge >= 0.3 is 0 Å². The summed E-state index contributed by atoms with van der Waals surface area (Å²) in [5, 5.41) is 0. The SMILES string of the molecule is Cc1ccc(C(=O)N2CCN(Cc3cc4c(c(-c5ccncc5)c3)OCO4)CC2)s1. The standard InChI is InChI=1S/C23H23N3O3S/c1-16-2-3-21(30-16)23(27)26-10-8-25(9-11-26)14-17-12-19(18-4-6-24-7-5-18)22-20(13-17)28-15-29-22/h2-7,12-13H,8-11,14-15H2,1H3. The van der Waals surface area contributed by atoms with E-state index in [9.17, 15) is 4.79 Å². The molecule has 0 aliphatic carbocycles. The number of amides is 1. The maximum Gasteiger partial charge on any atom is 0.264 e. The maximum absolute atomic E-state index is 12.7. The van der Waals surface area contributed by atoms with Crippen molar-refractivity contribution in [1.82, 2.24) is 14.8 Å². The lowest BCUT2D eigenvalue weighted by molar-refractivity contribution is 0.0633. The van der Waals surface area contributed by atoms with Crippen LogP contribution in [0.1, 0.15) is 20.1 Å². The van der Waals surface area contributed by atoms with Gasteiger partial charge in [-0.05, 0) is 54.4 Å². The first-order chi connectivity index (χ1) is 14.7. The van der Waals surface area contributed by atoms with E-state index in [4.69, 9.17) is 9.47 Å². The molecular weight excluding hydrogens is 398 g/mol. The highest BCUT2D eigenvalue weighted by Gasteiger charge is 2.25. The van der Waals surface area contributed by atoms with Crippen LogP contribution in [0.15, 0.2) is 48.8 Å². The number of ether oxygens (including phenoxy) is 2.